The zero-order chi connectivity index (χ0) is 25.4. The van der Waals surface area contributed by atoms with Gasteiger partial charge in [0, 0.05) is 10.4 Å². The van der Waals surface area contributed by atoms with Crippen LogP contribution in [0.15, 0.2) is 54.6 Å². The van der Waals surface area contributed by atoms with Crippen molar-refractivity contribution in [2.75, 3.05) is 5.73 Å². The van der Waals surface area contributed by atoms with E-state index in [2.05, 4.69) is 31.3 Å². The Labute approximate surface area is 211 Å². The summed E-state index contributed by atoms with van der Waals surface area (Å²) in [4.78, 5) is 41.1. The molecule has 0 bridgehead atoms. The van der Waals surface area contributed by atoms with Crippen LogP contribution in [0.3, 0.4) is 0 Å². The highest BCUT2D eigenvalue weighted by molar-refractivity contribution is 8.01. The van der Waals surface area contributed by atoms with Crippen LogP contribution in [0.1, 0.15) is 42.9 Å². The van der Waals surface area contributed by atoms with Gasteiger partial charge in [-0.25, -0.2) is 0 Å². The van der Waals surface area contributed by atoms with Gasteiger partial charge in [0.05, 0.1) is 6.42 Å². The Morgan fingerprint density at radius 2 is 1.89 bits per heavy atom. The molecule has 5 N–H and O–H groups in total. The highest BCUT2D eigenvalue weighted by atomic mass is 32.2. The fourth-order valence-corrected chi connectivity index (χ4v) is 6.29. The number of H-pyrrole nitrogens is 1. The van der Waals surface area contributed by atoms with Crippen LogP contribution in [0.25, 0.3) is 0 Å². The Kier molecular flexibility index (Phi) is 6.12. The maximum atomic E-state index is 13.4. The molecular weight excluding hydrogens is 480 g/mol. The molecule has 2 aliphatic rings. The van der Waals surface area contributed by atoms with Crippen LogP contribution in [-0.4, -0.2) is 59.4 Å². The van der Waals surface area contributed by atoms with E-state index < -0.39 is 18.0 Å². The zero-order valence-corrected chi connectivity index (χ0v) is 20.5. The molecule has 186 valence electrons. The van der Waals surface area contributed by atoms with Gasteiger partial charge in [0.2, 0.25) is 17.7 Å². The first-order valence-electron chi connectivity index (χ1n) is 11.5. The third-order valence-electron chi connectivity index (χ3n) is 6.39. The maximum absolute atomic E-state index is 13.4. The number of anilines is 1. The van der Waals surface area contributed by atoms with Crippen molar-refractivity contribution in [3.63, 3.8) is 0 Å². The van der Waals surface area contributed by atoms with Gasteiger partial charge in [-0.3, -0.25) is 14.4 Å². The Balaban J connectivity index is 1.31. The van der Waals surface area contributed by atoms with Crippen LogP contribution in [-0.2, 0) is 20.8 Å². The molecule has 2 aliphatic heterocycles. The second kappa shape index (κ2) is 9.26. The number of nitrogen functional groups attached to an aromatic ring is 1. The average Bonchev–Trinajstić information content (AvgIpc) is 3.47. The Bertz CT molecular complexity index is 1270. The molecule has 11 nitrogen and oxygen atoms in total. The third-order valence-corrected chi connectivity index (χ3v) is 7.96. The van der Waals surface area contributed by atoms with Gasteiger partial charge in [0.1, 0.15) is 23.5 Å². The SMILES string of the molecule is CC1(C)S[C@@H]2C(NC(=O)[C@H](NC(=O)Cc3ccc(N)cc3)c3ccccc3)C(=O)N2C1c1nn[nH]n1. The number of nitrogens with one attached hydrogen (secondary N) is 3. The predicted molar refractivity (Wildman–Crippen MR) is 133 cm³/mol. The molecule has 0 spiro atoms. The number of tetrazole rings is 1. The van der Waals surface area contributed by atoms with E-state index in [9.17, 15) is 14.4 Å². The largest absolute Gasteiger partial charge is 0.399 e. The van der Waals surface area contributed by atoms with Crippen LogP contribution in [0.2, 0.25) is 0 Å². The van der Waals surface area contributed by atoms with Crippen LogP contribution in [0.4, 0.5) is 5.69 Å². The molecule has 1 aromatic heterocycles. The number of carbonyl (C=O) groups excluding carboxylic acids is 3. The second-order valence-electron chi connectivity index (χ2n) is 9.35. The Morgan fingerprint density at radius 1 is 1.17 bits per heavy atom. The molecule has 2 fully saturated rings. The third kappa shape index (κ3) is 4.39. The standard InChI is InChI=1S/C24H26N8O3S/c1-24(2)19(20-28-30-31-29-20)32-22(35)18(23(32)36-24)27-21(34)17(14-6-4-3-5-7-14)26-16(33)12-13-8-10-15(25)11-9-13/h3-11,17-19,23H,12,25H2,1-2H3,(H,26,33)(H,27,34)(H,28,29,30,31)/t17-,18?,19?,23-/m1/s1. The summed E-state index contributed by atoms with van der Waals surface area (Å²) in [5.74, 6) is -0.559. The molecule has 3 aromatic rings. The van der Waals surface area contributed by atoms with E-state index in [-0.39, 0.29) is 34.4 Å². The number of rotatable bonds is 7. The van der Waals surface area contributed by atoms with Crippen molar-refractivity contribution in [3.05, 3.63) is 71.5 Å². The minimum atomic E-state index is -0.957. The molecule has 4 atom stereocenters. The minimum absolute atomic E-state index is 0.0894. The van der Waals surface area contributed by atoms with Gasteiger partial charge >= 0.3 is 0 Å². The summed E-state index contributed by atoms with van der Waals surface area (Å²) in [6, 6.07) is 13.9. The van der Waals surface area contributed by atoms with Crippen molar-refractivity contribution in [1.29, 1.82) is 0 Å². The maximum Gasteiger partial charge on any atom is 0.249 e. The van der Waals surface area contributed by atoms with E-state index in [1.54, 1.807) is 65.2 Å². The molecule has 36 heavy (non-hydrogen) atoms. The molecule has 2 aromatic carbocycles. The van der Waals surface area contributed by atoms with E-state index in [0.717, 1.165) is 5.56 Å². The van der Waals surface area contributed by atoms with Gasteiger partial charge < -0.3 is 21.3 Å². The lowest BCUT2D eigenvalue weighted by Gasteiger charge is -2.44. The molecule has 3 amide bonds. The Morgan fingerprint density at radius 3 is 2.56 bits per heavy atom. The summed E-state index contributed by atoms with van der Waals surface area (Å²) in [7, 11) is 0. The quantitative estimate of drug-likeness (QED) is 0.274. The number of carbonyl (C=O) groups is 3. The van der Waals surface area contributed by atoms with E-state index in [0.29, 0.717) is 17.1 Å². The molecule has 5 rings (SSSR count). The number of benzene rings is 2. The second-order valence-corrected chi connectivity index (χ2v) is 11.1. The van der Waals surface area contributed by atoms with Crippen molar-refractivity contribution in [3.8, 4) is 0 Å². The van der Waals surface area contributed by atoms with Gasteiger partial charge in [0.25, 0.3) is 0 Å². The van der Waals surface area contributed by atoms with Crippen LogP contribution >= 0.6 is 11.8 Å². The van der Waals surface area contributed by atoms with Gasteiger partial charge in [-0.2, -0.15) is 5.21 Å². The van der Waals surface area contributed by atoms with Crippen LogP contribution in [0, 0.1) is 0 Å². The number of aromatic amines is 1. The Hall–Kier alpha value is -3.93. The number of aromatic nitrogens is 4. The van der Waals surface area contributed by atoms with Crippen molar-refractivity contribution in [2.45, 2.75) is 48.5 Å². The lowest BCUT2D eigenvalue weighted by molar-refractivity contribution is -0.152. The van der Waals surface area contributed by atoms with Crippen molar-refractivity contribution in [1.82, 2.24) is 36.2 Å². The number of nitrogens with two attached hydrogens (primary N) is 1. The molecule has 12 heteroatoms. The van der Waals surface area contributed by atoms with Crippen molar-refractivity contribution in [2.24, 2.45) is 0 Å². The summed E-state index contributed by atoms with van der Waals surface area (Å²) < 4.78 is -0.379. The summed E-state index contributed by atoms with van der Waals surface area (Å²) >= 11 is 1.57. The number of thioether (sulfide) groups is 1. The topological polar surface area (TPSA) is 159 Å². The fraction of sp³-hybridized carbons (Fsp3) is 0.333. The predicted octanol–water partition coefficient (Wildman–Crippen LogP) is 1.10. The summed E-state index contributed by atoms with van der Waals surface area (Å²) in [6.45, 7) is 4.01. The van der Waals surface area contributed by atoms with E-state index in [1.807, 2.05) is 19.9 Å². The highest BCUT2D eigenvalue weighted by Gasteiger charge is 2.63. The average molecular weight is 507 g/mol. The lowest BCUT2D eigenvalue weighted by atomic mass is 9.95. The molecule has 2 saturated heterocycles. The zero-order valence-electron chi connectivity index (χ0n) is 19.7. The van der Waals surface area contributed by atoms with Crippen molar-refractivity contribution < 1.29 is 14.4 Å². The van der Waals surface area contributed by atoms with Crippen LogP contribution in [0.5, 0.6) is 0 Å². The van der Waals surface area contributed by atoms with Crippen LogP contribution < -0.4 is 16.4 Å². The molecule has 2 unspecified atom stereocenters. The summed E-state index contributed by atoms with van der Waals surface area (Å²) in [5.41, 5.74) is 7.72. The normalized spacial score (nSPS) is 22.9. The number of fused-ring (bicyclic) bond motifs is 1. The molecule has 3 heterocycles. The number of hydrogen-bond donors (Lipinski definition) is 4. The smallest absolute Gasteiger partial charge is 0.249 e. The summed E-state index contributed by atoms with van der Waals surface area (Å²) in [5, 5.41) is 19.6. The minimum Gasteiger partial charge on any atom is -0.399 e. The number of amides is 3. The monoisotopic (exact) mass is 506 g/mol. The van der Waals surface area contributed by atoms with Gasteiger partial charge in [-0.15, -0.1) is 22.0 Å². The van der Waals surface area contributed by atoms with Gasteiger partial charge in [-0.1, -0.05) is 47.7 Å². The van der Waals surface area contributed by atoms with Gasteiger partial charge in [-0.05, 0) is 37.1 Å². The van der Waals surface area contributed by atoms with Crippen molar-refractivity contribution >= 4 is 35.2 Å². The number of nitrogens with zero attached hydrogens (tertiary/aromatic N) is 4. The summed E-state index contributed by atoms with van der Waals surface area (Å²) in [6.07, 6.45) is 0.0894. The van der Waals surface area contributed by atoms with E-state index in [1.165, 1.54) is 0 Å². The van der Waals surface area contributed by atoms with Gasteiger partial charge in [0.15, 0.2) is 5.82 Å². The van der Waals surface area contributed by atoms with E-state index >= 15 is 0 Å². The van der Waals surface area contributed by atoms with E-state index in [4.69, 9.17) is 5.73 Å². The number of β-lactam (4-membered cyclic amide) rings is 1. The fourth-order valence-electron chi connectivity index (χ4n) is 4.66. The highest BCUT2D eigenvalue weighted by Crippen LogP contribution is 2.56. The first kappa shape index (κ1) is 23.8. The first-order valence-corrected chi connectivity index (χ1v) is 12.3. The number of hydrogen-bond acceptors (Lipinski definition) is 8. The molecule has 0 saturated carbocycles. The lowest BCUT2D eigenvalue weighted by Crippen LogP contribution is -2.68. The molecule has 0 radical (unpaired) electrons. The molecular formula is C24H26N8O3S. The molecule has 0 aliphatic carbocycles. The first-order chi connectivity index (χ1) is 17.2.